The molecule has 0 bridgehead atoms. The summed E-state index contributed by atoms with van der Waals surface area (Å²) in [6.07, 6.45) is 5.17. The van der Waals surface area contributed by atoms with Gasteiger partial charge in [-0.2, -0.15) is 0 Å². The van der Waals surface area contributed by atoms with E-state index in [1.807, 2.05) is 12.3 Å². The van der Waals surface area contributed by atoms with Crippen LogP contribution < -0.4 is 5.32 Å². The topological polar surface area (TPSA) is 75.4 Å². The standard InChI is InChI=1S/C15H18N2O3S/c1-10-16-12(8-21-10)13-6-11(7-20-13)14(19)17-15(9-18)4-2-3-5-15/h6-8,18H,2-5,9H2,1H3,(H,17,19). The van der Waals surface area contributed by atoms with Crippen molar-refractivity contribution in [1.29, 1.82) is 0 Å². The Kier molecular flexibility index (Phi) is 3.82. The molecule has 1 saturated carbocycles. The highest BCUT2D eigenvalue weighted by Gasteiger charge is 2.35. The van der Waals surface area contributed by atoms with E-state index in [4.69, 9.17) is 4.42 Å². The Morgan fingerprint density at radius 2 is 2.29 bits per heavy atom. The van der Waals surface area contributed by atoms with Gasteiger partial charge < -0.3 is 14.8 Å². The number of furan rings is 1. The fourth-order valence-electron chi connectivity index (χ4n) is 2.75. The third-order valence-electron chi connectivity index (χ3n) is 3.98. The van der Waals surface area contributed by atoms with Gasteiger partial charge in [-0.25, -0.2) is 4.98 Å². The van der Waals surface area contributed by atoms with Gasteiger partial charge in [0, 0.05) is 5.38 Å². The Hall–Kier alpha value is -1.66. The Morgan fingerprint density at radius 3 is 2.90 bits per heavy atom. The third-order valence-corrected chi connectivity index (χ3v) is 4.75. The molecular weight excluding hydrogens is 288 g/mol. The summed E-state index contributed by atoms with van der Waals surface area (Å²) in [6, 6.07) is 1.70. The lowest BCUT2D eigenvalue weighted by Crippen LogP contribution is -2.49. The van der Waals surface area contributed by atoms with Gasteiger partial charge in [-0.3, -0.25) is 4.79 Å². The molecule has 0 unspecified atom stereocenters. The van der Waals surface area contributed by atoms with E-state index in [9.17, 15) is 9.90 Å². The zero-order valence-corrected chi connectivity index (χ0v) is 12.7. The molecule has 1 aliphatic rings. The molecule has 0 atom stereocenters. The Bertz CT molecular complexity index is 641. The minimum Gasteiger partial charge on any atom is -0.462 e. The highest BCUT2D eigenvalue weighted by molar-refractivity contribution is 7.09. The van der Waals surface area contributed by atoms with Gasteiger partial charge in [-0.05, 0) is 25.8 Å². The molecule has 1 fully saturated rings. The van der Waals surface area contributed by atoms with E-state index in [2.05, 4.69) is 10.3 Å². The number of nitrogens with zero attached hydrogens (tertiary/aromatic N) is 1. The predicted molar refractivity (Wildman–Crippen MR) is 80.3 cm³/mol. The molecule has 2 aromatic heterocycles. The summed E-state index contributed by atoms with van der Waals surface area (Å²) in [4.78, 5) is 16.7. The van der Waals surface area contributed by atoms with Crippen molar-refractivity contribution in [1.82, 2.24) is 10.3 Å². The molecule has 2 aromatic rings. The van der Waals surface area contributed by atoms with Crippen molar-refractivity contribution < 1.29 is 14.3 Å². The molecular formula is C15H18N2O3S. The second kappa shape index (κ2) is 5.61. The van der Waals surface area contributed by atoms with Gasteiger partial charge in [-0.1, -0.05) is 12.8 Å². The van der Waals surface area contributed by atoms with Crippen LogP contribution in [0.4, 0.5) is 0 Å². The molecule has 2 heterocycles. The number of thiazole rings is 1. The molecule has 2 N–H and O–H groups in total. The van der Waals surface area contributed by atoms with Gasteiger partial charge in [0.25, 0.3) is 5.91 Å². The van der Waals surface area contributed by atoms with E-state index >= 15 is 0 Å². The summed E-state index contributed by atoms with van der Waals surface area (Å²) in [5, 5.41) is 15.4. The van der Waals surface area contributed by atoms with Crippen LogP contribution in [-0.4, -0.2) is 28.1 Å². The van der Waals surface area contributed by atoms with Crippen LogP contribution in [0.3, 0.4) is 0 Å². The molecule has 21 heavy (non-hydrogen) atoms. The average molecular weight is 306 g/mol. The zero-order valence-electron chi connectivity index (χ0n) is 11.9. The summed E-state index contributed by atoms with van der Waals surface area (Å²) in [5.41, 5.74) is 0.746. The summed E-state index contributed by atoms with van der Waals surface area (Å²) in [5.74, 6) is 0.391. The van der Waals surface area contributed by atoms with Crippen LogP contribution in [0.15, 0.2) is 22.1 Å². The number of hydrogen-bond acceptors (Lipinski definition) is 5. The monoisotopic (exact) mass is 306 g/mol. The number of hydrogen-bond donors (Lipinski definition) is 2. The van der Waals surface area contributed by atoms with Gasteiger partial charge in [-0.15, -0.1) is 11.3 Å². The van der Waals surface area contributed by atoms with Gasteiger partial charge >= 0.3 is 0 Å². The van der Waals surface area contributed by atoms with Crippen LogP contribution in [0.2, 0.25) is 0 Å². The first-order chi connectivity index (χ1) is 10.1. The second-order valence-electron chi connectivity index (χ2n) is 5.55. The van der Waals surface area contributed by atoms with Gasteiger partial charge in [0.05, 0.1) is 22.7 Å². The molecule has 5 nitrogen and oxygen atoms in total. The zero-order chi connectivity index (χ0) is 14.9. The van der Waals surface area contributed by atoms with Crippen LogP contribution in [0.5, 0.6) is 0 Å². The molecule has 0 radical (unpaired) electrons. The lowest BCUT2D eigenvalue weighted by molar-refractivity contribution is 0.0838. The summed E-state index contributed by atoms with van der Waals surface area (Å²) in [7, 11) is 0. The average Bonchev–Trinajstić information content (AvgIpc) is 3.18. The van der Waals surface area contributed by atoms with Gasteiger partial charge in [0.2, 0.25) is 0 Å². The van der Waals surface area contributed by atoms with E-state index < -0.39 is 5.54 Å². The lowest BCUT2D eigenvalue weighted by atomic mass is 9.98. The highest BCUT2D eigenvalue weighted by Crippen LogP contribution is 2.30. The summed E-state index contributed by atoms with van der Waals surface area (Å²) < 4.78 is 5.44. The number of aromatic nitrogens is 1. The van der Waals surface area contributed by atoms with Crippen LogP contribution in [0, 0.1) is 6.92 Å². The van der Waals surface area contributed by atoms with E-state index in [1.54, 1.807) is 17.4 Å². The van der Waals surface area contributed by atoms with Gasteiger partial charge in [0.1, 0.15) is 12.0 Å². The number of aryl methyl sites for hydroxylation is 1. The molecule has 1 aliphatic carbocycles. The smallest absolute Gasteiger partial charge is 0.255 e. The van der Waals surface area contributed by atoms with Crippen molar-refractivity contribution in [2.75, 3.05) is 6.61 Å². The van der Waals surface area contributed by atoms with Crippen LogP contribution in [-0.2, 0) is 0 Å². The van der Waals surface area contributed by atoms with Crippen molar-refractivity contribution in [2.45, 2.75) is 38.1 Å². The van der Waals surface area contributed by atoms with Crippen molar-refractivity contribution >= 4 is 17.2 Å². The maximum absolute atomic E-state index is 12.3. The SMILES string of the molecule is Cc1nc(-c2cc(C(=O)NC3(CO)CCCC3)co2)cs1. The fourth-order valence-corrected chi connectivity index (χ4v) is 3.36. The van der Waals surface area contributed by atoms with E-state index in [0.717, 1.165) is 36.4 Å². The van der Waals surface area contributed by atoms with Crippen molar-refractivity contribution in [3.05, 3.63) is 28.3 Å². The number of aliphatic hydroxyl groups is 1. The molecule has 0 aliphatic heterocycles. The number of amides is 1. The first kappa shape index (κ1) is 14.3. The van der Waals surface area contributed by atoms with Crippen LogP contribution in [0.1, 0.15) is 41.0 Å². The molecule has 0 aromatic carbocycles. The molecule has 1 amide bonds. The van der Waals surface area contributed by atoms with Crippen molar-refractivity contribution in [3.63, 3.8) is 0 Å². The first-order valence-corrected chi connectivity index (χ1v) is 7.94. The predicted octanol–water partition coefficient (Wildman–Crippen LogP) is 2.75. The van der Waals surface area contributed by atoms with Crippen LogP contribution >= 0.6 is 11.3 Å². The van der Waals surface area contributed by atoms with Crippen molar-refractivity contribution in [3.8, 4) is 11.5 Å². The Balaban J connectivity index is 1.75. The number of carbonyl (C=O) groups is 1. The second-order valence-corrected chi connectivity index (χ2v) is 6.61. The normalized spacial score (nSPS) is 17.0. The molecule has 0 saturated heterocycles. The molecule has 0 spiro atoms. The van der Waals surface area contributed by atoms with E-state index in [0.29, 0.717) is 11.3 Å². The maximum Gasteiger partial charge on any atom is 0.255 e. The third kappa shape index (κ3) is 2.87. The maximum atomic E-state index is 12.3. The van der Waals surface area contributed by atoms with Crippen LogP contribution in [0.25, 0.3) is 11.5 Å². The quantitative estimate of drug-likeness (QED) is 0.910. The summed E-state index contributed by atoms with van der Waals surface area (Å²) in [6.45, 7) is 1.91. The Morgan fingerprint density at radius 1 is 1.52 bits per heavy atom. The minimum atomic E-state index is -0.467. The first-order valence-electron chi connectivity index (χ1n) is 7.06. The fraction of sp³-hybridized carbons (Fsp3) is 0.467. The van der Waals surface area contributed by atoms with E-state index in [1.165, 1.54) is 6.26 Å². The van der Waals surface area contributed by atoms with E-state index in [-0.39, 0.29) is 12.5 Å². The largest absolute Gasteiger partial charge is 0.462 e. The summed E-state index contributed by atoms with van der Waals surface area (Å²) >= 11 is 1.54. The highest BCUT2D eigenvalue weighted by atomic mass is 32.1. The number of nitrogens with one attached hydrogen (secondary N) is 1. The lowest BCUT2D eigenvalue weighted by Gasteiger charge is -2.27. The Labute approximate surface area is 127 Å². The number of rotatable bonds is 4. The molecule has 112 valence electrons. The molecule has 6 heteroatoms. The number of aliphatic hydroxyl groups excluding tert-OH is 1. The molecule has 3 rings (SSSR count). The van der Waals surface area contributed by atoms with Gasteiger partial charge in [0.15, 0.2) is 5.76 Å². The minimum absolute atomic E-state index is 0.0191. The van der Waals surface area contributed by atoms with Crippen molar-refractivity contribution in [2.24, 2.45) is 0 Å². The number of carbonyl (C=O) groups excluding carboxylic acids is 1.